The summed E-state index contributed by atoms with van der Waals surface area (Å²) in [6.45, 7) is 2.57. The zero-order chi connectivity index (χ0) is 21.4. The Labute approximate surface area is 186 Å². The molecule has 1 aliphatic heterocycles. The molecule has 1 aliphatic rings. The van der Waals surface area contributed by atoms with Gasteiger partial charge < -0.3 is 14.8 Å². The Hall–Kier alpha value is -3.50. The Balaban J connectivity index is 1.66. The van der Waals surface area contributed by atoms with Gasteiger partial charge in [-0.25, -0.2) is 4.79 Å². The highest BCUT2D eigenvalue weighted by Crippen LogP contribution is 2.38. The number of amides is 2. The lowest BCUT2D eigenvalue weighted by Crippen LogP contribution is -2.38. The lowest BCUT2D eigenvalue weighted by atomic mass is 9.97. The predicted molar refractivity (Wildman–Crippen MR) is 125 cm³/mol. The van der Waals surface area contributed by atoms with E-state index in [1.54, 1.807) is 6.07 Å². The van der Waals surface area contributed by atoms with E-state index >= 15 is 0 Å². The molecule has 3 aromatic carbocycles. The number of aryl methyl sites for hydroxylation is 1. The van der Waals surface area contributed by atoms with E-state index in [2.05, 4.69) is 53.3 Å². The predicted octanol–water partition coefficient (Wildman–Crippen LogP) is 6.58. The van der Waals surface area contributed by atoms with Crippen molar-refractivity contribution in [3.05, 3.63) is 119 Å². The van der Waals surface area contributed by atoms with Crippen molar-refractivity contribution < 1.29 is 4.79 Å². The van der Waals surface area contributed by atoms with E-state index in [1.165, 1.54) is 0 Å². The summed E-state index contributed by atoms with van der Waals surface area (Å²) >= 11 is 6.33. The molecule has 2 amide bonds. The van der Waals surface area contributed by atoms with Crippen LogP contribution in [0.5, 0.6) is 0 Å². The topological polar surface area (TPSA) is 37.3 Å². The zero-order valence-electron chi connectivity index (χ0n) is 17.1. The summed E-state index contributed by atoms with van der Waals surface area (Å²) in [7, 11) is 0. The molecule has 0 bridgehead atoms. The summed E-state index contributed by atoms with van der Waals surface area (Å²) in [5, 5.41) is 3.54. The van der Waals surface area contributed by atoms with Gasteiger partial charge in [0.15, 0.2) is 0 Å². The number of anilines is 1. The van der Waals surface area contributed by atoms with Gasteiger partial charge in [-0.15, -0.1) is 0 Å². The summed E-state index contributed by atoms with van der Waals surface area (Å²) in [4.78, 5) is 15.5. The molecule has 0 radical (unpaired) electrons. The number of hydrogen-bond acceptors (Lipinski definition) is 1. The monoisotopic (exact) mass is 427 g/mol. The molecule has 1 N–H and O–H groups in total. The number of aromatic nitrogens is 1. The average Bonchev–Trinajstić information content (AvgIpc) is 3.21. The van der Waals surface area contributed by atoms with Gasteiger partial charge in [0.25, 0.3) is 0 Å². The third-order valence-electron chi connectivity index (χ3n) is 5.82. The molecule has 1 unspecified atom stereocenters. The van der Waals surface area contributed by atoms with Crippen molar-refractivity contribution in [2.45, 2.75) is 19.5 Å². The molecule has 31 heavy (non-hydrogen) atoms. The van der Waals surface area contributed by atoms with Crippen LogP contribution in [0.3, 0.4) is 0 Å². The van der Waals surface area contributed by atoms with Gasteiger partial charge in [0.2, 0.25) is 0 Å². The minimum Gasteiger partial charge on any atom is -0.318 e. The van der Waals surface area contributed by atoms with Crippen LogP contribution in [0.1, 0.15) is 28.4 Å². The van der Waals surface area contributed by atoms with Crippen LogP contribution in [0, 0.1) is 6.92 Å². The Morgan fingerprint density at radius 3 is 2.52 bits per heavy atom. The number of nitrogens with one attached hydrogen (secondary N) is 1. The first-order valence-electron chi connectivity index (χ1n) is 10.3. The van der Waals surface area contributed by atoms with Gasteiger partial charge >= 0.3 is 6.03 Å². The van der Waals surface area contributed by atoms with Gasteiger partial charge in [-0.2, -0.15) is 0 Å². The lowest BCUT2D eigenvalue weighted by Gasteiger charge is -2.32. The number of carbonyl (C=O) groups is 1. The minimum atomic E-state index is -0.244. The maximum Gasteiger partial charge on any atom is 0.323 e. The van der Waals surface area contributed by atoms with E-state index in [9.17, 15) is 4.79 Å². The fraction of sp³-hybridized carbons (Fsp3) is 0.115. The molecule has 0 fully saturated rings. The number of para-hydroxylation sites is 2. The van der Waals surface area contributed by atoms with Gasteiger partial charge in [-0.1, -0.05) is 66.2 Å². The largest absolute Gasteiger partial charge is 0.323 e. The number of nitrogens with zero attached hydrogens (tertiary/aromatic N) is 2. The Morgan fingerprint density at radius 2 is 1.68 bits per heavy atom. The maximum atomic E-state index is 13.7. The van der Waals surface area contributed by atoms with Crippen molar-refractivity contribution >= 4 is 23.3 Å². The number of carbonyl (C=O) groups excluding carboxylic acids is 1. The van der Waals surface area contributed by atoms with Crippen LogP contribution in [-0.2, 0) is 6.54 Å². The van der Waals surface area contributed by atoms with E-state index in [-0.39, 0.29) is 12.1 Å². The van der Waals surface area contributed by atoms with E-state index in [0.29, 0.717) is 17.3 Å². The second kappa shape index (κ2) is 7.97. The van der Waals surface area contributed by atoms with E-state index in [0.717, 1.165) is 28.1 Å². The van der Waals surface area contributed by atoms with Gasteiger partial charge in [0.1, 0.15) is 6.04 Å². The molecule has 0 aliphatic carbocycles. The van der Waals surface area contributed by atoms with Crippen molar-refractivity contribution in [1.29, 1.82) is 0 Å². The van der Waals surface area contributed by atoms with Crippen LogP contribution >= 0.6 is 11.6 Å². The fourth-order valence-electron chi connectivity index (χ4n) is 4.31. The van der Waals surface area contributed by atoms with E-state index in [4.69, 9.17) is 11.6 Å². The first kappa shape index (κ1) is 19.5. The molecule has 1 atom stereocenters. The molecule has 0 saturated carbocycles. The fourth-order valence-corrected chi connectivity index (χ4v) is 4.49. The molecule has 154 valence electrons. The SMILES string of the molecule is Cc1ccccc1C1c2cccn2-c2ccccc2CN1C(=O)Nc1ccccc1Cl. The first-order valence-corrected chi connectivity index (χ1v) is 10.6. The molecule has 4 nitrogen and oxygen atoms in total. The van der Waals surface area contributed by atoms with Crippen LogP contribution in [0.15, 0.2) is 91.1 Å². The van der Waals surface area contributed by atoms with Crippen LogP contribution < -0.4 is 5.32 Å². The summed E-state index contributed by atoms with van der Waals surface area (Å²) in [6, 6.07) is 27.5. The van der Waals surface area contributed by atoms with Crippen molar-refractivity contribution in [2.75, 3.05) is 5.32 Å². The quantitative estimate of drug-likeness (QED) is 0.385. The van der Waals surface area contributed by atoms with Gasteiger partial charge in [-0.3, -0.25) is 0 Å². The van der Waals surface area contributed by atoms with Crippen molar-refractivity contribution in [3.8, 4) is 5.69 Å². The number of fused-ring (bicyclic) bond motifs is 3. The summed E-state index contributed by atoms with van der Waals surface area (Å²) in [6.07, 6.45) is 2.06. The third kappa shape index (κ3) is 3.49. The highest BCUT2D eigenvalue weighted by atomic mass is 35.5. The number of benzene rings is 3. The van der Waals surface area contributed by atoms with Crippen LogP contribution in [0.4, 0.5) is 10.5 Å². The Bertz CT molecular complexity index is 1260. The molecule has 5 rings (SSSR count). The van der Waals surface area contributed by atoms with Crippen molar-refractivity contribution in [2.24, 2.45) is 0 Å². The highest BCUT2D eigenvalue weighted by molar-refractivity contribution is 6.33. The minimum absolute atomic E-state index is 0.189. The van der Waals surface area contributed by atoms with Crippen LogP contribution in [0.2, 0.25) is 5.02 Å². The molecule has 0 saturated heterocycles. The van der Waals surface area contributed by atoms with Crippen LogP contribution in [0.25, 0.3) is 5.69 Å². The normalized spacial score (nSPS) is 15.0. The molecule has 4 aromatic rings. The van der Waals surface area contributed by atoms with Gasteiger partial charge in [-0.05, 0) is 53.9 Å². The number of rotatable bonds is 2. The highest BCUT2D eigenvalue weighted by Gasteiger charge is 2.33. The zero-order valence-corrected chi connectivity index (χ0v) is 17.9. The van der Waals surface area contributed by atoms with E-state index in [1.807, 2.05) is 53.4 Å². The first-order chi connectivity index (χ1) is 15.1. The average molecular weight is 428 g/mol. The van der Waals surface area contributed by atoms with Gasteiger partial charge in [0.05, 0.1) is 22.9 Å². The molecule has 5 heteroatoms. The van der Waals surface area contributed by atoms with Crippen molar-refractivity contribution in [1.82, 2.24) is 9.47 Å². The molecule has 0 spiro atoms. The number of urea groups is 1. The lowest BCUT2D eigenvalue weighted by molar-refractivity contribution is 0.194. The summed E-state index contributed by atoms with van der Waals surface area (Å²) < 4.78 is 2.19. The van der Waals surface area contributed by atoms with Crippen LogP contribution in [-0.4, -0.2) is 15.5 Å². The Morgan fingerprint density at radius 1 is 0.935 bits per heavy atom. The molecule has 2 heterocycles. The van der Waals surface area contributed by atoms with Gasteiger partial charge in [0, 0.05) is 11.9 Å². The third-order valence-corrected chi connectivity index (χ3v) is 6.15. The standard InChI is InChI=1S/C26H22ClN3O/c1-18-9-2-4-11-20(18)25-24-15-8-16-29(24)23-14-7-3-10-19(23)17-30(25)26(31)28-22-13-6-5-12-21(22)27/h2-16,25H,17H2,1H3,(H,28,31). The summed E-state index contributed by atoms with van der Waals surface area (Å²) in [5.74, 6) is 0. The summed E-state index contributed by atoms with van der Waals surface area (Å²) in [5.41, 5.74) is 6.07. The molecule has 1 aromatic heterocycles. The molecular formula is C26H22ClN3O. The molecular weight excluding hydrogens is 406 g/mol. The second-order valence-corrected chi connectivity index (χ2v) is 8.14. The Kier molecular flexibility index (Phi) is 5.00. The number of halogens is 1. The number of hydrogen-bond donors (Lipinski definition) is 1. The maximum absolute atomic E-state index is 13.7. The second-order valence-electron chi connectivity index (χ2n) is 7.73. The smallest absolute Gasteiger partial charge is 0.318 e. The van der Waals surface area contributed by atoms with E-state index < -0.39 is 0 Å². The van der Waals surface area contributed by atoms with Crippen molar-refractivity contribution in [3.63, 3.8) is 0 Å².